The molecule has 0 bridgehead atoms. The van der Waals surface area contributed by atoms with Crippen LogP contribution in [0.2, 0.25) is 0 Å². The summed E-state index contributed by atoms with van der Waals surface area (Å²) in [5, 5.41) is 2.89. The van der Waals surface area contributed by atoms with Gasteiger partial charge in [0, 0.05) is 16.6 Å². The van der Waals surface area contributed by atoms with Gasteiger partial charge < -0.3 is 20.5 Å². The second-order valence-electron chi connectivity index (χ2n) is 4.45. The maximum absolute atomic E-state index is 12.2. The van der Waals surface area contributed by atoms with E-state index in [4.69, 9.17) is 27.4 Å². The molecule has 0 aliphatic rings. The number of thiocarbonyl (C=S) groups is 1. The van der Waals surface area contributed by atoms with Crippen molar-refractivity contribution in [3.05, 3.63) is 39.5 Å². The molecule has 0 amide bonds. The molecule has 0 aromatic heterocycles. The minimum Gasteiger partial charge on any atom is -0.497 e. The molecule has 7 heteroatoms. The van der Waals surface area contributed by atoms with E-state index in [1.165, 1.54) is 0 Å². The Morgan fingerprint density at radius 1 is 1.45 bits per heavy atom. The van der Waals surface area contributed by atoms with Crippen LogP contribution in [0.25, 0.3) is 0 Å². The van der Waals surface area contributed by atoms with Crippen molar-refractivity contribution < 1.29 is 14.3 Å². The van der Waals surface area contributed by atoms with Crippen LogP contribution in [0.3, 0.4) is 0 Å². The summed E-state index contributed by atoms with van der Waals surface area (Å²) in [6.45, 7) is 3.79. The fourth-order valence-corrected chi connectivity index (χ4v) is 2.38. The number of nitrogens with one attached hydrogen (secondary N) is 1. The molecule has 0 fully saturated rings. The van der Waals surface area contributed by atoms with E-state index in [0.717, 1.165) is 10.0 Å². The van der Waals surface area contributed by atoms with Crippen LogP contribution in [0.1, 0.15) is 19.4 Å². The largest absolute Gasteiger partial charge is 0.497 e. The van der Waals surface area contributed by atoms with Crippen molar-refractivity contribution in [2.45, 2.75) is 20.3 Å². The quantitative estimate of drug-likeness (QED) is 0.444. The first-order valence-electron chi connectivity index (χ1n) is 6.64. The normalized spacial score (nSPS) is 11.5. The first-order valence-corrected chi connectivity index (χ1v) is 7.84. The molecule has 0 radical (unpaired) electrons. The van der Waals surface area contributed by atoms with Gasteiger partial charge in [0.15, 0.2) is 5.11 Å². The lowest BCUT2D eigenvalue weighted by Crippen LogP contribution is -2.30. The van der Waals surface area contributed by atoms with Gasteiger partial charge in [-0.25, -0.2) is 4.79 Å². The van der Waals surface area contributed by atoms with Crippen molar-refractivity contribution in [1.29, 1.82) is 0 Å². The van der Waals surface area contributed by atoms with Gasteiger partial charge in [0.25, 0.3) is 0 Å². The Morgan fingerprint density at radius 2 is 2.14 bits per heavy atom. The number of ether oxygens (including phenoxy) is 2. The van der Waals surface area contributed by atoms with Crippen molar-refractivity contribution in [3.8, 4) is 5.75 Å². The average Bonchev–Trinajstić information content (AvgIpc) is 2.45. The highest BCUT2D eigenvalue weighted by Gasteiger charge is 2.17. The predicted octanol–water partition coefficient (Wildman–Crippen LogP) is 2.67. The summed E-state index contributed by atoms with van der Waals surface area (Å²) in [5.41, 5.74) is 7.41. The van der Waals surface area contributed by atoms with Gasteiger partial charge >= 0.3 is 5.97 Å². The molecule has 1 aromatic carbocycles. The van der Waals surface area contributed by atoms with Gasteiger partial charge in [-0.3, -0.25) is 0 Å². The molecular formula is C15H19BrN2O3S. The van der Waals surface area contributed by atoms with Gasteiger partial charge in [0.1, 0.15) is 5.75 Å². The number of benzene rings is 1. The number of rotatable bonds is 6. The third-order valence-electron chi connectivity index (χ3n) is 2.91. The molecule has 0 saturated carbocycles. The highest BCUT2D eigenvalue weighted by Crippen LogP contribution is 2.25. The maximum Gasteiger partial charge on any atom is 0.336 e. The van der Waals surface area contributed by atoms with Crippen LogP contribution in [-0.4, -0.2) is 24.8 Å². The number of carbonyl (C=O) groups is 1. The van der Waals surface area contributed by atoms with Crippen LogP contribution in [0.15, 0.2) is 33.9 Å². The summed E-state index contributed by atoms with van der Waals surface area (Å²) in [6, 6.07) is 5.56. The van der Waals surface area contributed by atoms with Gasteiger partial charge in [-0.2, -0.15) is 0 Å². The minimum absolute atomic E-state index is 0.101. The zero-order chi connectivity index (χ0) is 16.7. The van der Waals surface area contributed by atoms with E-state index in [0.29, 0.717) is 30.0 Å². The predicted molar refractivity (Wildman–Crippen MR) is 93.7 cm³/mol. The van der Waals surface area contributed by atoms with E-state index < -0.39 is 5.97 Å². The Bertz CT molecular complexity index is 602. The average molecular weight is 387 g/mol. The number of halogens is 1. The van der Waals surface area contributed by atoms with Crippen molar-refractivity contribution in [2.75, 3.05) is 13.7 Å². The first kappa shape index (κ1) is 18.4. The lowest BCUT2D eigenvalue weighted by molar-refractivity contribution is -0.138. The smallest absolute Gasteiger partial charge is 0.336 e. The van der Waals surface area contributed by atoms with Gasteiger partial charge in [0.2, 0.25) is 0 Å². The summed E-state index contributed by atoms with van der Waals surface area (Å²) in [7, 11) is 1.59. The molecule has 0 aliphatic carbocycles. The van der Waals surface area contributed by atoms with Gasteiger partial charge in [-0.15, -0.1) is 0 Å². The molecule has 1 aromatic rings. The summed E-state index contributed by atoms with van der Waals surface area (Å²) in [5.74, 6) is 0.305. The lowest BCUT2D eigenvalue weighted by atomic mass is 10.0. The number of methoxy groups -OCH3 is 1. The number of allylic oxidation sites excluding steroid dienone is 1. The Hall–Kier alpha value is -1.60. The van der Waals surface area contributed by atoms with E-state index in [2.05, 4.69) is 21.2 Å². The zero-order valence-corrected chi connectivity index (χ0v) is 15.1. The van der Waals surface area contributed by atoms with E-state index in [1.807, 2.05) is 18.2 Å². The molecule has 0 saturated heterocycles. The number of carbonyl (C=O) groups excluding carboxylic acids is 1. The molecule has 0 atom stereocenters. The number of esters is 1. The molecule has 0 unspecified atom stereocenters. The van der Waals surface area contributed by atoms with Crippen molar-refractivity contribution in [2.24, 2.45) is 5.73 Å². The molecule has 22 heavy (non-hydrogen) atoms. The Kier molecular flexibility index (Phi) is 7.34. The highest BCUT2D eigenvalue weighted by atomic mass is 79.9. The molecule has 0 spiro atoms. The fraction of sp³-hybridized carbons (Fsp3) is 0.333. The second-order valence-corrected chi connectivity index (χ2v) is 5.74. The molecule has 120 valence electrons. The summed E-state index contributed by atoms with van der Waals surface area (Å²) < 4.78 is 11.2. The molecular weight excluding hydrogens is 368 g/mol. The first-order chi connectivity index (χ1) is 10.4. The number of nitrogens with two attached hydrogens (primary N) is 1. The Labute approximate surface area is 144 Å². The second kappa shape index (κ2) is 8.75. The van der Waals surface area contributed by atoms with Crippen molar-refractivity contribution in [1.82, 2.24) is 5.32 Å². The lowest BCUT2D eigenvalue weighted by Gasteiger charge is -2.14. The maximum atomic E-state index is 12.2. The third kappa shape index (κ3) is 5.31. The van der Waals surface area contributed by atoms with Crippen LogP contribution < -0.4 is 15.8 Å². The van der Waals surface area contributed by atoms with E-state index in [1.54, 1.807) is 21.0 Å². The summed E-state index contributed by atoms with van der Waals surface area (Å²) in [6.07, 6.45) is 0.359. The Morgan fingerprint density at radius 3 is 2.68 bits per heavy atom. The van der Waals surface area contributed by atoms with Crippen LogP contribution >= 0.6 is 28.1 Å². The topological polar surface area (TPSA) is 73.6 Å². The van der Waals surface area contributed by atoms with Crippen molar-refractivity contribution >= 4 is 39.2 Å². The molecule has 0 heterocycles. The monoisotopic (exact) mass is 386 g/mol. The minimum atomic E-state index is -0.404. The fourth-order valence-electron chi connectivity index (χ4n) is 1.84. The van der Waals surface area contributed by atoms with E-state index >= 15 is 0 Å². The van der Waals surface area contributed by atoms with Crippen LogP contribution in [-0.2, 0) is 16.0 Å². The van der Waals surface area contributed by atoms with Gasteiger partial charge in [-0.05, 0) is 49.8 Å². The van der Waals surface area contributed by atoms with Crippen LogP contribution in [0.5, 0.6) is 5.75 Å². The molecule has 1 rings (SSSR count). The van der Waals surface area contributed by atoms with Gasteiger partial charge in [-0.1, -0.05) is 15.9 Å². The molecule has 3 N–H and O–H groups in total. The number of hydrogen-bond donors (Lipinski definition) is 2. The van der Waals surface area contributed by atoms with Crippen LogP contribution in [0, 0.1) is 0 Å². The van der Waals surface area contributed by atoms with E-state index in [-0.39, 0.29) is 5.11 Å². The molecule has 0 aliphatic heterocycles. The standard InChI is InChI=1S/C15H19BrN2O3S/c1-4-21-14(19)12(9(2)18-15(17)22)8-10-7-11(20-3)5-6-13(10)16/h5-7H,4,8H2,1-3H3,(H3,17,18,22)/b12-9+. The summed E-state index contributed by atoms with van der Waals surface area (Å²) >= 11 is 8.30. The Balaban J connectivity index is 3.18. The summed E-state index contributed by atoms with van der Waals surface area (Å²) in [4.78, 5) is 12.2. The SMILES string of the molecule is CCOC(=O)/C(Cc1cc(OC)ccc1Br)=C(\C)NC(N)=S. The van der Waals surface area contributed by atoms with Crippen LogP contribution in [0.4, 0.5) is 0 Å². The number of hydrogen-bond acceptors (Lipinski definition) is 4. The van der Waals surface area contributed by atoms with E-state index in [9.17, 15) is 4.79 Å². The highest BCUT2D eigenvalue weighted by molar-refractivity contribution is 9.10. The van der Waals surface area contributed by atoms with Gasteiger partial charge in [0.05, 0.1) is 19.3 Å². The third-order valence-corrected chi connectivity index (χ3v) is 3.78. The van der Waals surface area contributed by atoms with Crippen molar-refractivity contribution in [3.63, 3.8) is 0 Å². The molecule has 5 nitrogen and oxygen atoms in total. The zero-order valence-electron chi connectivity index (χ0n) is 12.7.